The van der Waals surface area contributed by atoms with Gasteiger partial charge in [0.15, 0.2) is 0 Å². The fourth-order valence-corrected chi connectivity index (χ4v) is 7.25. The second-order valence-corrected chi connectivity index (χ2v) is 13.9. The van der Waals surface area contributed by atoms with E-state index in [0.29, 0.717) is 23.0 Å². The van der Waals surface area contributed by atoms with Gasteiger partial charge in [0.1, 0.15) is 6.04 Å². The monoisotopic (exact) mass is 624 g/mol. The minimum atomic E-state index is -4.08. The number of hydrogen-bond acceptors (Lipinski definition) is 7. The molecule has 1 fully saturated rings. The van der Waals surface area contributed by atoms with E-state index in [1.807, 2.05) is 16.7 Å². The summed E-state index contributed by atoms with van der Waals surface area (Å²) in [4.78, 5) is 17.3. The van der Waals surface area contributed by atoms with Gasteiger partial charge in [0.05, 0.1) is 39.2 Å². The summed E-state index contributed by atoms with van der Waals surface area (Å²) < 4.78 is 55.4. The minimum absolute atomic E-state index is 0.103. The van der Waals surface area contributed by atoms with Crippen LogP contribution in [-0.2, 0) is 37.8 Å². The Morgan fingerprint density at radius 1 is 1.12 bits per heavy atom. The predicted molar refractivity (Wildman–Crippen MR) is 150 cm³/mol. The van der Waals surface area contributed by atoms with E-state index in [-0.39, 0.29) is 36.6 Å². The minimum Gasteiger partial charge on any atom is -0.354 e. The molecule has 1 atom stereocenters. The van der Waals surface area contributed by atoms with Crippen LogP contribution in [-0.4, -0.2) is 79.4 Å². The molecule has 11 nitrogen and oxygen atoms in total. The molecule has 1 aromatic heterocycles. The molecule has 15 heteroatoms. The van der Waals surface area contributed by atoms with E-state index in [9.17, 15) is 21.6 Å². The number of rotatable bonds is 9. The zero-order valence-electron chi connectivity index (χ0n) is 21.4. The Morgan fingerprint density at radius 2 is 1.90 bits per heavy atom. The quantitative estimate of drug-likeness (QED) is 0.383. The van der Waals surface area contributed by atoms with Gasteiger partial charge in [0.2, 0.25) is 26.0 Å². The molecular weight excluding hydrogens is 599 g/mol. The van der Waals surface area contributed by atoms with E-state index < -0.39 is 32.0 Å². The van der Waals surface area contributed by atoms with Gasteiger partial charge in [-0.3, -0.25) is 4.79 Å². The summed E-state index contributed by atoms with van der Waals surface area (Å²) in [5.74, 6) is -0.619. The van der Waals surface area contributed by atoms with Gasteiger partial charge >= 0.3 is 0 Å². The first-order chi connectivity index (χ1) is 18.9. The summed E-state index contributed by atoms with van der Waals surface area (Å²) in [6.45, 7) is -0.0525. The lowest BCUT2D eigenvalue weighted by molar-refractivity contribution is -0.125. The molecule has 1 aliphatic heterocycles. The van der Waals surface area contributed by atoms with Crippen LogP contribution in [0.15, 0.2) is 59.9 Å². The van der Waals surface area contributed by atoms with Crippen molar-refractivity contribution in [2.75, 3.05) is 32.4 Å². The number of carbonyl (C=O) groups excluding carboxylic acids is 1. The number of aromatic nitrogens is 2. The molecule has 0 radical (unpaired) electrons. The summed E-state index contributed by atoms with van der Waals surface area (Å²) in [6, 6.07) is 11.5. The van der Waals surface area contributed by atoms with Gasteiger partial charge in [-0.15, -0.1) is 0 Å². The highest BCUT2D eigenvalue weighted by atomic mass is 35.5. The third-order valence-electron chi connectivity index (χ3n) is 6.44. The van der Waals surface area contributed by atoms with Gasteiger partial charge in [-0.05, 0) is 35.9 Å². The van der Waals surface area contributed by atoms with Gasteiger partial charge in [-0.2, -0.15) is 13.9 Å². The van der Waals surface area contributed by atoms with Crippen molar-refractivity contribution in [1.82, 2.24) is 23.5 Å². The highest BCUT2D eigenvalue weighted by Gasteiger charge is 2.41. The summed E-state index contributed by atoms with van der Waals surface area (Å²) in [5, 5.41) is 12.8. The van der Waals surface area contributed by atoms with E-state index in [1.165, 1.54) is 24.3 Å². The van der Waals surface area contributed by atoms with Crippen molar-refractivity contribution < 1.29 is 21.6 Å². The fourth-order valence-electron chi connectivity index (χ4n) is 4.41. The van der Waals surface area contributed by atoms with Crippen molar-refractivity contribution in [2.45, 2.75) is 23.9 Å². The molecule has 0 spiro atoms. The molecule has 4 rings (SSSR count). The number of nitrogens with zero attached hydrogens (tertiary/aromatic N) is 5. The lowest BCUT2D eigenvalue weighted by Crippen LogP contribution is -2.61. The number of benzene rings is 2. The molecule has 0 aliphatic carbocycles. The Morgan fingerprint density at radius 3 is 2.60 bits per heavy atom. The molecule has 212 valence electrons. The van der Waals surface area contributed by atoms with E-state index in [1.54, 1.807) is 24.7 Å². The first-order valence-corrected chi connectivity index (χ1v) is 16.1. The van der Waals surface area contributed by atoms with Crippen LogP contribution >= 0.6 is 23.2 Å². The molecule has 0 saturated carbocycles. The number of imidazole rings is 1. The smallest absolute Gasteiger partial charge is 0.243 e. The molecule has 1 N–H and O–H groups in total. The Hall–Kier alpha value is -2.99. The molecule has 40 heavy (non-hydrogen) atoms. The Balaban J connectivity index is 1.45. The largest absolute Gasteiger partial charge is 0.354 e. The molecule has 0 bridgehead atoms. The van der Waals surface area contributed by atoms with E-state index in [2.05, 4.69) is 10.3 Å². The zero-order valence-corrected chi connectivity index (χ0v) is 24.5. The van der Waals surface area contributed by atoms with Crippen LogP contribution in [0.2, 0.25) is 10.0 Å². The fraction of sp³-hybridized carbons (Fsp3) is 0.320. The van der Waals surface area contributed by atoms with Gasteiger partial charge in [0, 0.05) is 51.0 Å². The maximum absolute atomic E-state index is 13.3. The number of nitrogens with one attached hydrogen (secondary N) is 1. The summed E-state index contributed by atoms with van der Waals surface area (Å²) in [5.41, 5.74) is 1.89. The van der Waals surface area contributed by atoms with Crippen molar-refractivity contribution in [2.24, 2.45) is 0 Å². The first kappa shape index (κ1) is 30.0. The van der Waals surface area contributed by atoms with Crippen molar-refractivity contribution in [3.8, 4) is 6.07 Å². The topological polar surface area (TPSA) is 145 Å². The van der Waals surface area contributed by atoms with E-state index in [0.717, 1.165) is 26.1 Å². The Bertz CT molecular complexity index is 1670. The number of hydrogen-bond donors (Lipinski definition) is 1. The second-order valence-electron chi connectivity index (χ2n) is 9.19. The van der Waals surface area contributed by atoms with Gasteiger partial charge < -0.3 is 9.88 Å². The number of amides is 1. The van der Waals surface area contributed by atoms with Crippen LogP contribution in [0.4, 0.5) is 0 Å². The number of piperazine rings is 1. The number of nitriles is 1. The van der Waals surface area contributed by atoms with Crippen LogP contribution in [0.25, 0.3) is 0 Å². The van der Waals surface area contributed by atoms with Crippen LogP contribution < -0.4 is 5.32 Å². The number of halogens is 2. The number of carbonyl (C=O) groups is 1. The van der Waals surface area contributed by atoms with Crippen LogP contribution in [0.3, 0.4) is 0 Å². The third-order valence-corrected chi connectivity index (χ3v) is 10.3. The van der Waals surface area contributed by atoms with Gasteiger partial charge in [-0.1, -0.05) is 35.3 Å². The van der Waals surface area contributed by atoms with E-state index in [4.69, 9.17) is 28.5 Å². The molecule has 1 aliphatic rings. The third kappa shape index (κ3) is 6.83. The molecule has 1 amide bonds. The van der Waals surface area contributed by atoms with Crippen molar-refractivity contribution in [1.29, 1.82) is 5.26 Å². The van der Waals surface area contributed by atoms with Crippen LogP contribution in [0.1, 0.15) is 16.8 Å². The van der Waals surface area contributed by atoms with Crippen molar-refractivity contribution >= 4 is 49.2 Å². The standard InChI is InChI=1S/C25H26Cl2N6O5S2/c1-39(35,36)33-10-9-32(40(37,38)21-4-2-3-18(11-21)13-28)16-24(33)25(34)30-8-7-20-14-29-17-31(20)15-19-5-6-22(26)23(27)12-19/h2-6,11-12,14,17,24H,7-10,15-16H2,1H3,(H,30,34). The van der Waals surface area contributed by atoms with Crippen molar-refractivity contribution in [3.63, 3.8) is 0 Å². The SMILES string of the molecule is CS(=O)(=O)N1CCN(S(=O)(=O)c2cccc(C#N)c2)CC1C(=O)NCCc1cncn1Cc1ccc(Cl)c(Cl)c1. The normalized spacial score (nSPS) is 16.9. The molecule has 3 aromatic rings. The molecule has 1 unspecified atom stereocenters. The second kappa shape index (κ2) is 12.3. The summed E-state index contributed by atoms with van der Waals surface area (Å²) >= 11 is 12.1. The lowest BCUT2D eigenvalue weighted by Gasteiger charge is -2.38. The van der Waals surface area contributed by atoms with Crippen LogP contribution in [0, 0.1) is 11.3 Å². The Labute approximate surface area is 243 Å². The summed E-state index contributed by atoms with van der Waals surface area (Å²) in [6.07, 6.45) is 4.68. The Kier molecular flexibility index (Phi) is 9.19. The molecular formula is C25H26Cl2N6O5S2. The van der Waals surface area contributed by atoms with Crippen LogP contribution in [0.5, 0.6) is 0 Å². The average Bonchev–Trinajstić information content (AvgIpc) is 3.36. The molecule has 2 heterocycles. The maximum Gasteiger partial charge on any atom is 0.243 e. The predicted octanol–water partition coefficient (Wildman–Crippen LogP) is 2.10. The lowest BCUT2D eigenvalue weighted by atomic mass is 10.2. The maximum atomic E-state index is 13.3. The molecule has 1 saturated heterocycles. The number of sulfonamides is 2. The highest BCUT2D eigenvalue weighted by Crippen LogP contribution is 2.24. The molecule has 2 aromatic carbocycles. The average molecular weight is 626 g/mol. The first-order valence-electron chi connectivity index (χ1n) is 12.1. The van der Waals surface area contributed by atoms with Gasteiger partial charge in [0.25, 0.3) is 0 Å². The highest BCUT2D eigenvalue weighted by molar-refractivity contribution is 7.89. The van der Waals surface area contributed by atoms with E-state index >= 15 is 0 Å². The summed E-state index contributed by atoms with van der Waals surface area (Å²) in [7, 11) is -7.88. The van der Waals surface area contributed by atoms with Gasteiger partial charge in [-0.25, -0.2) is 21.8 Å². The van der Waals surface area contributed by atoms with Crippen molar-refractivity contribution in [3.05, 3.63) is 81.9 Å². The zero-order chi connectivity index (χ0) is 29.1.